The summed E-state index contributed by atoms with van der Waals surface area (Å²) in [4.78, 5) is 13.8. The van der Waals surface area contributed by atoms with Gasteiger partial charge < -0.3 is 15.4 Å². The maximum atomic E-state index is 14.1. The molecule has 1 aromatic carbocycles. The van der Waals surface area contributed by atoms with E-state index >= 15 is 0 Å². The van der Waals surface area contributed by atoms with Crippen LogP contribution < -0.4 is 10.5 Å². The van der Waals surface area contributed by atoms with E-state index in [1.54, 1.807) is 0 Å². The van der Waals surface area contributed by atoms with Crippen LogP contribution in [-0.2, 0) is 0 Å². The molecule has 0 spiro atoms. The van der Waals surface area contributed by atoms with Gasteiger partial charge in [-0.3, -0.25) is 4.79 Å². The first kappa shape index (κ1) is 15.7. The topological polar surface area (TPSA) is 55.6 Å². The molecule has 2 rings (SSSR count). The number of ether oxygens (including phenoxy) is 1. The van der Waals surface area contributed by atoms with E-state index in [0.717, 1.165) is 12.1 Å². The van der Waals surface area contributed by atoms with Crippen molar-refractivity contribution in [3.63, 3.8) is 0 Å². The number of rotatable bonds is 3. The molecule has 2 N–H and O–H groups in total. The lowest BCUT2D eigenvalue weighted by atomic mass is 9.92. The third kappa shape index (κ3) is 2.85. The number of methoxy groups -OCH3 is 1. The van der Waals surface area contributed by atoms with Gasteiger partial charge in [0.1, 0.15) is 11.4 Å². The highest BCUT2D eigenvalue weighted by atomic mass is 19.1. The van der Waals surface area contributed by atoms with Gasteiger partial charge in [-0.25, -0.2) is 8.78 Å². The van der Waals surface area contributed by atoms with Crippen molar-refractivity contribution in [2.45, 2.75) is 19.9 Å². The van der Waals surface area contributed by atoms with Crippen molar-refractivity contribution in [2.24, 2.45) is 17.6 Å². The summed E-state index contributed by atoms with van der Waals surface area (Å²) in [5.74, 6) is -2.25. The molecule has 0 aliphatic carbocycles. The van der Waals surface area contributed by atoms with Gasteiger partial charge in [0.15, 0.2) is 11.6 Å². The zero-order valence-corrected chi connectivity index (χ0v) is 12.4. The predicted molar refractivity (Wildman–Crippen MR) is 75.1 cm³/mol. The normalized spacial score (nSPS) is 22.0. The molecule has 21 heavy (non-hydrogen) atoms. The quantitative estimate of drug-likeness (QED) is 0.929. The zero-order chi connectivity index (χ0) is 15.7. The number of halogens is 2. The second kappa shape index (κ2) is 5.97. The van der Waals surface area contributed by atoms with E-state index in [0.29, 0.717) is 19.0 Å². The fourth-order valence-corrected chi connectivity index (χ4v) is 2.77. The van der Waals surface area contributed by atoms with E-state index in [1.807, 2.05) is 13.8 Å². The summed E-state index contributed by atoms with van der Waals surface area (Å²) in [6, 6.07) is 2.02. The van der Waals surface area contributed by atoms with Gasteiger partial charge in [-0.05, 0) is 24.0 Å². The lowest BCUT2D eigenvalue weighted by Crippen LogP contribution is -2.33. The van der Waals surface area contributed by atoms with Gasteiger partial charge in [-0.1, -0.05) is 13.8 Å². The summed E-state index contributed by atoms with van der Waals surface area (Å²) in [6.45, 7) is 4.75. The second-order valence-corrected chi connectivity index (χ2v) is 5.72. The number of benzene rings is 1. The number of carbonyl (C=O) groups excluding carboxylic acids is 1. The average Bonchev–Trinajstić information content (AvgIpc) is 2.81. The number of hydrogen-bond donors (Lipinski definition) is 1. The Bertz CT molecular complexity index is 549. The molecule has 2 atom stereocenters. The first-order chi connectivity index (χ1) is 9.86. The van der Waals surface area contributed by atoms with E-state index in [-0.39, 0.29) is 17.7 Å². The highest BCUT2D eigenvalue weighted by molar-refractivity contribution is 5.95. The van der Waals surface area contributed by atoms with E-state index in [1.165, 1.54) is 12.0 Å². The van der Waals surface area contributed by atoms with Crippen molar-refractivity contribution in [2.75, 3.05) is 20.2 Å². The number of amides is 1. The molecule has 1 aliphatic heterocycles. The van der Waals surface area contributed by atoms with Crippen LogP contribution >= 0.6 is 0 Å². The molecule has 116 valence electrons. The number of likely N-dealkylation sites (tertiary alicyclic amines) is 1. The summed E-state index contributed by atoms with van der Waals surface area (Å²) in [5, 5.41) is 0. The Morgan fingerprint density at radius 2 is 2.05 bits per heavy atom. The van der Waals surface area contributed by atoms with Gasteiger partial charge in [-0.15, -0.1) is 0 Å². The van der Waals surface area contributed by atoms with Crippen LogP contribution in [0.25, 0.3) is 0 Å². The number of hydrogen-bond acceptors (Lipinski definition) is 3. The Labute approximate surface area is 122 Å². The summed E-state index contributed by atoms with van der Waals surface area (Å²) in [7, 11) is 1.27. The van der Waals surface area contributed by atoms with Crippen LogP contribution in [0.5, 0.6) is 5.75 Å². The monoisotopic (exact) mass is 298 g/mol. The summed E-state index contributed by atoms with van der Waals surface area (Å²) < 4.78 is 32.8. The van der Waals surface area contributed by atoms with Crippen molar-refractivity contribution in [1.82, 2.24) is 4.90 Å². The third-order valence-electron chi connectivity index (χ3n) is 4.05. The Kier molecular flexibility index (Phi) is 4.46. The van der Waals surface area contributed by atoms with Crippen LogP contribution in [0.4, 0.5) is 8.78 Å². The maximum absolute atomic E-state index is 14.1. The van der Waals surface area contributed by atoms with Crippen molar-refractivity contribution in [1.29, 1.82) is 0 Å². The third-order valence-corrected chi connectivity index (χ3v) is 4.05. The molecule has 1 amide bonds. The van der Waals surface area contributed by atoms with Crippen LogP contribution in [0, 0.1) is 23.5 Å². The molecule has 1 heterocycles. The number of carbonyl (C=O) groups is 1. The van der Waals surface area contributed by atoms with Gasteiger partial charge in [0.25, 0.3) is 5.91 Å². The molecule has 0 radical (unpaired) electrons. The number of nitrogens with zero attached hydrogens (tertiary/aromatic N) is 1. The summed E-state index contributed by atoms with van der Waals surface area (Å²) in [6.07, 6.45) is 0. The molecular formula is C15H20F2N2O2. The fraction of sp³-hybridized carbons (Fsp3) is 0.533. The SMILES string of the molecule is COc1ccc(F)c(C(=O)N2C[C@H](C(C)C)[C@@H](N)C2)c1F. The van der Waals surface area contributed by atoms with Gasteiger partial charge in [0, 0.05) is 19.1 Å². The molecular weight excluding hydrogens is 278 g/mol. The van der Waals surface area contributed by atoms with Crippen LogP contribution in [0.3, 0.4) is 0 Å². The summed E-state index contributed by atoms with van der Waals surface area (Å²) in [5.41, 5.74) is 5.43. The smallest absolute Gasteiger partial charge is 0.260 e. The van der Waals surface area contributed by atoms with Crippen molar-refractivity contribution in [3.05, 3.63) is 29.3 Å². The molecule has 0 unspecified atom stereocenters. The molecule has 1 saturated heterocycles. The highest BCUT2D eigenvalue weighted by Gasteiger charge is 2.37. The average molecular weight is 298 g/mol. The Hall–Kier alpha value is -1.69. The van der Waals surface area contributed by atoms with E-state index in [2.05, 4.69) is 0 Å². The minimum Gasteiger partial charge on any atom is -0.494 e. The highest BCUT2D eigenvalue weighted by Crippen LogP contribution is 2.28. The lowest BCUT2D eigenvalue weighted by Gasteiger charge is -2.19. The first-order valence-electron chi connectivity index (χ1n) is 6.93. The molecule has 4 nitrogen and oxygen atoms in total. The van der Waals surface area contributed by atoms with E-state index in [9.17, 15) is 13.6 Å². The molecule has 1 aliphatic rings. The lowest BCUT2D eigenvalue weighted by molar-refractivity contribution is 0.0772. The van der Waals surface area contributed by atoms with Crippen LogP contribution in [0.1, 0.15) is 24.2 Å². The first-order valence-corrected chi connectivity index (χ1v) is 6.93. The Balaban J connectivity index is 2.30. The number of nitrogens with two attached hydrogens (primary N) is 1. The summed E-state index contributed by atoms with van der Waals surface area (Å²) >= 11 is 0. The molecule has 0 aromatic heterocycles. The molecule has 0 bridgehead atoms. The van der Waals surface area contributed by atoms with Crippen molar-refractivity contribution >= 4 is 5.91 Å². The fourth-order valence-electron chi connectivity index (χ4n) is 2.77. The van der Waals surface area contributed by atoms with Gasteiger partial charge in [0.2, 0.25) is 0 Å². The Morgan fingerprint density at radius 3 is 2.57 bits per heavy atom. The Morgan fingerprint density at radius 1 is 1.38 bits per heavy atom. The van der Waals surface area contributed by atoms with E-state index in [4.69, 9.17) is 10.5 Å². The van der Waals surface area contributed by atoms with Gasteiger partial charge in [-0.2, -0.15) is 0 Å². The van der Waals surface area contributed by atoms with Crippen molar-refractivity contribution < 1.29 is 18.3 Å². The van der Waals surface area contributed by atoms with Crippen LogP contribution in [0.15, 0.2) is 12.1 Å². The predicted octanol–water partition coefficient (Wildman–Crippen LogP) is 2.03. The van der Waals surface area contributed by atoms with Crippen LogP contribution in [-0.4, -0.2) is 37.0 Å². The minimum atomic E-state index is -0.968. The molecule has 0 saturated carbocycles. The van der Waals surface area contributed by atoms with Crippen LogP contribution in [0.2, 0.25) is 0 Å². The zero-order valence-electron chi connectivity index (χ0n) is 12.4. The van der Waals surface area contributed by atoms with Crippen molar-refractivity contribution in [3.8, 4) is 5.75 Å². The minimum absolute atomic E-state index is 0.130. The maximum Gasteiger partial charge on any atom is 0.260 e. The molecule has 6 heteroatoms. The molecule has 1 aromatic rings. The van der Waals surface area contributed by atoms with Gasteiger partial charge >= 0.3 is 0 Å². The standard InChI is InChI=1S/C15H20F2N2O2/c1-8(2)9-6-19(7-11(9)18)15(20)13-10(16)4-5-12(21-3)14(13)17/h4-5,8-9,11H,6-7,18H2,1-3H3/t9-,11+/m1/s1. The molecule has 1 fully saturated rings. The second-order valence-electron chi connectivity index (χ2n) is 5.72. The van der Waals surface area contributed by atoms with E-state index < -0.39 is 23.1 Å². The largest absolute Gasteiger partial charge is 0.494 e. The van der Waals surface area contributed by atoms with Gasteiger partial charge in [0.05, 0.1) is 7.11 Å².